The van der Waals surface area contributed by atoms with Crippen LogP contribution in [0.5, 0.6) is 0 Å². The van der Waals surface area contributed by atoms with Crippen molar-refractivity contribution in [2.45, 2.75) is 12.5 Å². The molecule has 0 aliphatic rings. The van der Waals surface area contributed by atoms with Crippen molar-refractivity contribution >= 4 is 0 Å². The van der Waals surface area contributed by atoms with Gasteiger partial charge in [-0.15, -0.1) is 0 Å². The molecule has 0 saturated carbocycles. The van der Waals surface area contributed by atoms with Crippen molar-refractivity contribution in [2.24, 2.45) is 5.73 Å². The number of likely N-dealkylation sites (N-methyl/N-ethyl adjacent to an activating group) is 2. The Morgan fingerprint density at radius 3 is 2.23 bits per heavy atom. The van der Waals surface area contributed by atoms with Gasteiger partial charge in [-0.3, -0.25) is 0 Å². The molecule has 0 amide bonds. The molecular formula is C9H20N4. The summed E-state index contributed by atoms with van der Waals surface area (Å²) in [6.45, 7) is 4.27. The summed E-state index contributed by atoms with van der Waals surface area (Å²) in [5.74, 6) is 0. The van der Waals surface area contributed by atoms with Crippen molar-refractivity contribution in [3.8, 4) is 6.07 Å². The third kappa shape index (κ3) is 6.52. The minimum Gasteiger partial charge on any atom is -0.313 e. The molecule has 2 N–H and O–H groups in total. The van der Waals surface area contributed by atoms with E-state index in [0.29, 0.717) is 6.54 Å². The lowest BCUT2D eigenvalue weighted by molar-refractivity contribution is 0.255. The summed E-state index contributed by atoms with van der Waals surface area (Å²) in [5.41, 5.74) is 4.97. The maximum absolute atomic E-state index is 8.71. The molecule has 0 radical (unpaired) electrons. The van der Waals surface area contributed by atoms with Crippen molar-refractivity contribution < 1.29 is 0 Å². The number of nitrogens with zero attached hydrogens (tertiary/aromatic N) is 3. The molecule has 0 rings (SSSR count). The van der Waals surface area contributed by atoms with Crippen molar-refractivity contribution in [3.63, 3.8) is 0 Å². The van der Waals surface area contributed by atoms with E-state index in [0.717, 1.165) is 13.1 Å². The molecule has 0 aromatic carbocycles. The second-order valence-electron chi connectivity index (χ2n) is 4.07. The van der Waals surface area contributed by atoms with Crippen LogP contribution in [0.4, 0.5) is 0 Å². The molecule has 4 heteroatoms. The fourth-order valence-electron chi connectivity index (χ4n) is 1.05. The summed E-state index contributed by atoms with van der Waals surface area (Å²) < 4.78 is 0. The molecule has 1 atom stereocenters. The van der Waals surface area contributed by atoms with Crippen LogP contribution in [0.1, 0.15) is 6.92 Å². The minimum absolute atomic E-state index is 0.608. The predicted octanol–water partition coefficient (Wildman–Crippen LogP) is -0.279. The average molecular weight is 184 g/mol. The molecule has 0 spiro atoms. The van der Waals surface area contributed by atoms with Gasteiger partial charge in [0.1, 0.15) is 5.54 Å². The van der Waals surface area contributed by atoms with Crippen LogP contribution in [0.15, 0.2) is 0 Å². The Morgan fingerprint density at radius 2 is 1.85 bits per heavy atom. The molecular weight excluding hydrogens is 164 g/mol. The van der Waals surface area contributed by atoms with E-state index in [1.165, 1.54) is 0 Å². The molecule has 76 valence electrons. The van der Waals surface area contributed by atoms with E-state index in [9.17, 15) is 0 Å². The van der Waals surface area contributed by atoms with E-state index in [2.05, 4.69) is 15.9 Å². The lowest BCUT2D eigenvalue weighted by Crippen LogP contribution is -2.46. The van der Waals surface area contributed by atoms with E-state index >= 15 is 0 Å². The van der Waals surface area contributed by atoms with Crippen LogP contribution in [0.25, 0.3) is 0 Å². The Labute approximate surface area is 80.9 Å². The predicted molar refractivity (Wildman–Crippen MR) is 54.3 cm³/mol. The van der Waals surface area contributed by atoms with Crippen LogP contribution >= 0.6 is 0 Å². The molecule has 0 bridgehead atoms. The fourth-order valence-corrected chi connectivity index (χ4v) is 1.05. The van der Waals surface area contributed by atoms with Crippen LogP contribution in [0.3, 0.4) is 0 Å². The zero-order valence-corrected chi connectivity index (χ0v) is 9.04. The van der Waals surface area contributed by atoms with Crippen LogP contribution < -0.4 is 5.73 Å². The summed E-state index contributed by atoms with van der Waals surface area (Å²) in [6, 6.07) is 2.08. The Bertz CT molecular complexity index is 181. The van der Waals surface area contributed by atoms with E-state index in [1.807, 2.05) is 21.1 Å². The fraction of sp³-hybridized carbons (Fsp3) is 0.889. The maximum Gasteiger partial charge on any atom is 0.114 e. The Kier molecular flexibility index (Phi) is 4.92. The van der Waals surface area contributed by atoms with Gasteiger partial charge in [-0.1, -0.05) is 0 Å². The van der Waals surface area contributed by atoms with Gasteiger partial charge in [0.25, 0.3) is 0 Å². The highest BCUT2D eigenvalue weighted by Crippen LogP contribution is 1.99. The summed E-state index contributed by atoms with van der Waals surface area (Å²) >= 11 is 0. The van der Waals surface area contributed by atoms with Crippen LogP contribution in [0, 0.1) is 11.3 Å². The highest BCUT2D eigenvalue weighted by Gasteiger charge is 2.19. The van der Waals surface area contributed by atoms with E-state index in [-0.39, 0.29) is 0 Å². The van der Waals surface area contributed by atoms with E-state index < -0.39 is 5.54 Å². The number of rotatable bonds is 5. The summed E-state index contributed by atoms with van der Waals surface area (Å²) in [5, 5.41) is 8.71. The molecule has 0 aromatic heterocycles. The Hall–Kier alpha value is -0.630. The molecule has 4 nitrogen and oxygen atoms in total. The van der Waals surface area contributed by atoms with E-state index in [1.54, 1.807) is 6.92 Å². The first-order valence-corrected chi connectivity index (χ1v) is 4.41. The topological polar surface area (TPSA) is 56.3 Å². The molecule has 0 fully saturated rings. The van der Waals surface area contributed by atoms with Gasteiger partial charge in [-0.2, -0.15) is 5.26 Å². The number of hydrogen-bond donors (Lipinski definition) is 1. The normalized spacial score (nSPS) is 15.8. The molecule has 0 aliphatic heterocycles. The third-order valence-electron chi connectivity index (χ3n) is 1.78. The first kappa shape index (κ1) is 12.4. The summed E-state index contributed by atoms with van der Waals surface area (Å²) in [7, 11) is 6.03. The first-order chi connectivity index (χ1) is 5.87. The van der Waals surface area contributed by atoms with Gasteiger partial charge >= 0.3 is 0 Å². The largest absolute Gasteiger partial charge is 0.313 e. The van der Waals surface area contributed by atoms with Crippen molar-refractivity contribution in [1.82, 2.24) is 9.80 Å². The monoisotopic (exact) mass is 184 g/mol. The lowest BCUT2D eigenvalue weighted by atomic mass is 10.1. The quantitative estimate of drug-likeness (QED) is 0.638. The van der Waals surface area contributed by atoms with Crippen LogP contribution in [-0.4, -0.2) is 56.1 Å². The van der Waals surface area contributed by atoms with Crippen LogP contribution in [0.2, 0.25) is 0 Å². The van der Waals surface area contributed by atoms with Crippen molar-refractivity contribution in [2.75, 3.05) is 40.8 Å². The highest BCUT2D eigenvalue weighted by atomic mass is 15.2. The molecule has 1 unspecified atom stereocenters. The molecule has 0 aliphatic carbocycles. The van der Waals surface area contributed by atoms with Gasteiger partial charge in [0, 0.05) is 19.6 Å². The van der Waals surface area contributed by atoms with Gasteiger partial charge in [0.15, 0.2) is 0 Å². The average Bonchev–Trinajstić information content (AvgIpc) is 2.00. The standard InChI is InChI=1S/C9H20N4/c1-9(11,7-10)8-13(4)6-5-12(2)3/h5-6,8,11H2,1-4H3. The Morgan fingerprint density at radius 1 is 1.31 bits per heavy atom. The van der Waals surface area contributed by atoms with Crippen molar-refractivity contribution in [1.29, 1.82) is 5.26 Å². The highest BCUT2D eigenvalue weighted by molar-refractivity contribution is 5.02. The summed E-state index contributed by atoms with van der Waals surface area (Å²) in [4.78, 5) is 4.18. The van der Waals surface area contributed by atoms with Gasteiger partial charge < -0.3 is 15.5 Å². The smallest absolute Gasteiger partial charge is 0.114 e. The second-order valence-corrected chi connectivity index (χ2v) is 4.07. The summed E-state index contributed by atoms with van der Waals surface area (Å²) in [6.07, 6.45) is 0. The second kappa shape index (κ2) is 5.18. The zero-order valence-electron chi connectivity index (χ0n) is 9.04. The maximum atomic E-state index is 8.71. The van der Waals surface area contributed by atoms with Gasteiger partial charge in [-0.05, 0) is 28.1 Å². The lowest BCUT2D eigenvalue weighted by Gasteiger charge is -2.25. The SMILES string of the molecule is CN(C)CCN(C)CC(C)(N)C#N. The number of nitriles is 1. The minimum atomic E-state index is -0.735. The molecule has 0 saturated heterocycles. The van der Waals surface area contributed by atoms with Gasteiger partial charge in [-0.25, -0.2) is 0 Å². The molecule has 0 aromatic rings. The van der Waals surface area contributed by atoms with Crippen LogP contribution in [-0.2, 0) is 0 Å². The number of hydrogen-bond acceptors (Lipinski definition) is 4. The Balaban J connectivity index is 3.76. The molecule has 13 heavy (non-hydrogen) atoms. The third-order valence-corrected chi connectivity index (χ3v) is 1.78. The van der Waals surface area contributed by atoms with Gasteiger partial charge in [0.2, 0.25) is 0 Å². The number of nitrogens with two attached hydrogens (primary N) is 1. The first-order valence-electron chi connectivity index (χ1n) is 4.41. The zero-order chi connectivity index (χ0) is 10.5. The van der Waals surface area contributed by atoms with E-state index in [4.69, 9.17) is 11.0 Å². The van der Waals surface area contributed by atoms with Gasteiger partial charge in [0.05, 0.1) is 6.07 Å². The molecule has 0 heterocycles. The van der Waals surface area contributed by atoms with Crippen molar-refractivity contribution in [3.05, 3.63) is 0 Å².